The monoisotopic (exact) mass is 477 g/mol. The van der Waals surface area contributed by atoms with Crippen molar-refractivity contribution in [2.24, 2.45) is 0 Å². The van der Waals surface area contributed by atoms with Crippen LogP contribution in [0.4, 0.5) is 10.1 Å². The molecule has 176 valence electrons. The summed E-state index contributed by atoms with van der Waals surface area (Å²) >= 11 is 6.21. The van der Waals surface area contributed by atoms with Crippen molar-refractivity contribution in [1.29, 1.82) is 5.26 Å². The Morgan fingerprint density at radius 3 is 2.50 bits per heavy atom. The van der Waals surface area contributed by atoms with Crippen LogP contribution in [-0.2, 0) is 17.8 Å². The Kier molecular flexibility index (Phi) is 9.63. The van der Waals surface area contributed by atoms with Gasteiger partial charge in [-0.3, -0.25) is 0 Å². The molecule has 3 aromatic carbocycles. The maximum absolute atomic E-state index is 14.1. The van der Waals surface area contributed by atoms with E-state index in [-0.39, 0.29) is 5.82 Å². The van der Waals surface area contributed by atoms with Gasteiger partial charge in [0.15, 0.2) is 0 Å². The predicted octanol–water partition coefficient (Wildman–Crippen LogP) is 5.88. The molecular formula is C28H29ClFN3O. The lowest BCUT2D eigenvalue weighted by molar-refractivity contribution is -0.107. The van der Waals surface area contributed by atoms with Crippen molar-refractivity contribution in [1.82, 2.24) is 4.90 Å². The van der Waals surface area contributed by atoms with E-state index in [1.165, 1.54) is 11.6 Å². The number of carbonyl (C=O) groups excluding carboxylic acids is 1. The second-order valence-corrected chi connectivity index (χ2v) is 8.80. The second kappa shape index (κ2) is 12.9. The van der Waals surface area contributed by atoms with Crippen LogP contribution in [0.25, 0.3) is 0 Å². The number of nitrogens with zero attached hydrogens (tertiary/aromatic N) is 3. The smallest absolute Gasteiger partial charge is 0.128 e. The van der Waals surface area contributed by atoms with Crippen molar-refractivity contribution < 1.29 is 9.18 Å². The number of benzene rings is 3. The third-order valence-electron chi connectivity index (χ3n) is 5.90. The number of anilines is 1. The summed E-state index contributed by atoms with van der Waals surface area (Å²) in [6, 6.07) is 24.7. The molecule has 6 heteroatoms. The van der Waals surface area contributed by atoms with E-state index in [1.54, 1.807) is 18.2 Å². The van der Waals surface area contributed by atoms with Crippen LogP contribution >= 0.6 is 11.6 Å². The molecule has 0 spiro atoms. The van der Waals surface area contributed by atoms with Crippen LogP contribution < -0.4 is 4.90 Å². The lowest BCUT2D eigenvalue weighted by atomic mass is 10.1. The summed E-state index contributed by atoms with van der Waals surface area (Å²) in [7, 11) is 2.09. The molecule has 0 radical (unpaired) electrons. The number of aldehydes is 1. The van der Waals surface area contributed by atoms with Crippen LogP contribution in [0.2, 0.25) is 5.02 Å². The van der Waals surface area contributed by atoms with E-state index >= 15 is 0 Å². The highest BCUT2D eigenvalue weighted by Gasteiger charge is 2.27. The van der Waals surface area contributed by atoms with Crippen LogP contribution in [0.3, 0.4) is 0 Å². The Labute approximate surface area is 206 Å². The zero-order chi connectivity index (χ0) is 24.3. The number of likely N-dealkylation sites (tertiary alicyclic amines) is 1. The molecule has 0 aliphatic carbocycles. The Bertz CT molecular complexity index is 1120. The van der Waals surface area contributed by atoms with Crippen molar-refractivity contribution in [3.8, 4) is 6.07 Å². The zero-order valence-corrected chi connectivity index (χ0v) is 20.1. The van der Waals surface area contributed by atoms with Crippen molar-refractivity contribution in [2.45, 2.75) is 31.8 Å². The van der Waals surface area contributed by atoms with Gasteiger partial charge < -0.3 is 14.6 Å². The summed E-state index contributed by atoms with van der Waals surface area (Å²) in [4.78, 5) is 14.4. The topological polar surface area (TPSA) is 47.3 Å². The Morgan fingerprint density at radius 1 is 1.15 bits per heavy atom. The van der Waals surface area contributed by atoms with E-state index in [1.807, 2.05) is 48.5 Å². The van der Waals surface area contributed by atoms with Gasteiger partial charge in [-0.05, 0) is 56.3 Å². The minimum Gasteiger partial charge on any atom is -0.363 e. The van der Waals surface area contributed by atoms with Crippen LogP contribution in [-0.4, -0.2) is 37.4 Å². The first-order chi connectivity index (χ1) is 16.5. The number of aryl methyl sites for hydroxylation is 1. The summed E-state index contributed by atoms with van der Waals surface area (Å²) in [6.07, 6.45) is 3.46. The molecule has 0 amide bonds. The standard InChI is InChI=1S/C19H19ClFN3.C9H10O/c1-23-9-8-17(13-23)24(12-15-4-2-3-5-19(15)21)16-7-6-14(11-22)18(20)10-16;10-8-4-7-9-5-2-1-3-6-9/h2-7,10,17H,8-9,12-13H2,1H3;1-3,5-6,8H,4,7H2/t17-;/m0./s1. The molecule has 0 unspecified atom stereocenters. The number of likely N-dealkylation sites (N-methyl/N-ethyl adjacent to an activating group) is 1. The van der Waals surface area contributed by atoms with Crippen molar-refractivity contribution in [3.63, 3.8) is 0 Å². The lowest BCUT2D eigenvalue weighted by Gasteiger charge is -2.31. The van der Waals surface area contributed by atoms with Crippen LogP contribution in [0.15, 0.2) is 72.8 Å². The van der Waals surface area contributed by atoms with E-state index in [0.717, 1.165) is 37.9 Å². The van der Waals surface area contributed by atoms with Gasteiger partial charge in [-0.25, -0.2) is 4.39 Å². The fraction of sp³-hybridized carbons (Fsp3) is 0.286. The number of hydrogen-bond donors (Lipinski definition) is 0. The quantitative estimate of drug-likeness (QED) is 0.399. The molecule has 3 aromatic rings. The molecule has 1 aliphatic heterocycles. The van der Waals surface area contributed by atoms with E-state index in [4.69, 9.17) is 16.9 Å². The van der Waals surface area contributed by atoms with Crippen LogP contribution in [0, 0.1) is 17.1 Å². The molecule has 0 saturated carbocycles. The van der Waals surface area contributed by atoms with E-state index in [0.29, 0.717) is 35.2 Å². The summed E-state index contributed by atoms with van der Waals surface area (Å²) in [6.45, 7) is 2.42. The average molecular weight is 478 g/mol. The maximum Gasteiger partial charge on any atom is 0.128 e. The molecule has 0 bridgehead atoms. The molecule has 0 aromatic heterocycles. The molecular weight excluding hydrogens is 449 g/mol. The summed E-state index contributed by atoms with van der Waals surface area (Å²) in [5.74, 6) is -0.200. The SMILES string of the molecule is CN1CC[C@H](N(Cc2ccccc2F)c2ccc(C#N)c(Cl)c2)C1.O=CCCc1ccccc1. The number of carbonyl (C=O) groups is 1. The molecule has 1 atom stereocenters. The summed E-state index contributed by atoms with van der Waals surface area (Å²) in [5.41, 5.74) is 3.26. The largest absolute Gasteiger partial charge is 0.363 e. The third-order valence-corrected chi connectivity index (χ3v) is 6.22. The van der Waals surface area contributed by atoms with Gasteiger partial charge in [0.1, 0.15) is 18.2 Å². The first-order valence-electron chi connectivity index (χ1n) is 11.4. The van der Waals surface area contributed by atoms with Gasteiger partial charge in [0.2, 0.25) is 0 Å². The van der Waals surface area contributed by atoms with E-state index in [2.05, 4.69) is 22.9 Å². The van der Waals surface area contributed by atoms with Gasteiger partial charge in [-0.15, -0.1) is 0 Å². The van der Waals surface area contributed by atoms with Gasteiger partial charge in [0.05, 0.1) is 10.6 Å². The van der Waals surface area contributed by atoms with Crippen molar-refractivity contribution in [3.05, 3.63) is 100 Å². The van der Waals surface area contributed by atoms with Crippen molar-refractivity contribution >= 4 is 23.6 Å². The lowest BCUT2D eigenvalue weighted by Crippen LogP contribution is -2.37. The van der Waals surface area contributed by atoms with Gasteiger partial charge in [-0.1, -0.05) is 60.1 Å². The molecule has 1 fully saturated rings. The minimum atomic E-state index is -0.200. The normalized spacial score (nSPS) is 15.2. The van der Waals surface area contributed by atoms with Gasteiger partial charge in [0, 0.05) is 36.8 Å². The highest BCUT2D eigenvalue weighted by Crippen LogP contribution is 2.29. The highest BCUT2D eigenvalue weighted by molar-refractivity contribution is 6.32. The third kappa shape index (κ3) is 7.15. The fourth-order valence-corrected chi connectivity index (χ4v) is 4.27. The number of nitriles is 1. The van der Waals surface area contributed by atoms with E-state index < -0.39 is 0 Å². The fourth-order valence-electron chi connectivity index (χ4n) is 4.05. The highest BCUT2D eigenvalue weighted by atomic mass is 35.5. The molecule has 4 nitrogen and oxygen atoms in total. The van der Waals surface area contributed by atoms with Crippen LogP contribution in [0.5, 0.6) is 0 Å². The van der Waals surface area contributed by atoms with Crippen molar-refractivity contribution in [2.75, 3.05) is 25.0 Å². The van der Waals surface area contributed by atoms with E-state index in [9.17, 15) is 9.18 Å². The Balaban J connectivity index is 0.000000271. The minimum absolute atomic E-state index is 0.200. The Hall–Kier alpha value is -3.20. The first kappa shape index (κ1) is 25.4. The van der Waals surface area contributed by atoms with Crippen LogP contribution in [0.1, 0.15) is 29.5 Å². The molecule has 1 aliphatic rings. The maximum atomic E-state index is 14.1. The molecule has 34 heavy (non-hydrogen) atoms. The molecule has 0 N–H and O–H groups in total. The Morgan fingerprint density at radius 2 is 1.88 bits per heavy atom. The average Bonchev–Trinajstić information content (AvgIpc) is 3.29. The molecule has 1 saturated heterocycles. The molecule has 4 rings (SSSR count). The van der Waals surface area contributed by atoms with Gasteiger partial charge in [0.25, 0.3) is 0 Å². The second-order valence-electron chi connectivity index (χ2n) is 8.39. The number of hydrogen-bond acceptors (Lipinski definition) is 4. The predicted molar refractivity (Wildman–Crippen MR) is 135 cm³/mol. The molecule has 1 heterocycles. The number of rotatable bonds is 7. The summed E-state index contributed by atoms with van der Waals surface area (Å²) in [5, 5.41) is 9.49. The van der Waals surface area contributed by atoms with Gasteiger partial charge >= 0.3 is 0 Å². The summed E-state index contributed by atoms with van der Waals surface area (Å²) < 4.78 is 14.1. The van der Waals surface area contributed by atoms with Gasteiger partial charge in [-0.2, -0.15) is 5.26 Å². The number of halogens is 2. The first-order valence-corrected chi connectivity index (χ1v) is 11.8. The zero-order valence-electron chi connectivity index (χ0n) is 19.3.